The van der Waals surface area contributed by atoms with Crippen molar-refractivity contribution in [3.05, 3.63) is 77.6 Å². The van der Waals surface area contributed by atoms with Crippen molar-refractivity contribution in [3.8, 4) is 17.2 Å². The number of methoxy groups -OCH3 is 1. The second-order valence-electron chi connectivity index (χ2n) is 6.71. The number of hydrazine groups is 1. The van der Waals surface area contributed by atoms with Crippen LogP contribution in [-0.4, -0.2) is 30.1 Å². The molecule has 3 rings (SSSR count). The fourth-order valence-electron chi connectivity index (χ4n) is 3.22. The summed E-state index contributed by atoms with van der Waals surface area (Å²) in [6.07, 6.45) is 0.0847. The summed E-state index contributed by atoms with van der Waals surface area (Å²) >= 11 is 0. The lowest BCUT2D eigenvalue weighted by atomic mass is 10.2. The minimum absolute atomic E-state index is 0.0847. The van der Waals surface area contributed by atoms with Crippen LogP contribution < -0.4 is 20.3 Å². The van der Waals surface area contributed by atoms with Crippen molar-refractivity contribution in [2.45, 2.75) is 20.3 Å². The van der Waals surface area contributed by atoms with E-state index in [1.54, 1.807) is 25.3 Å². The van der Waals surface area contributed by atoms with E-state index in [-0.39, 0.29) is 24.8 Å². The summed E-state index contributed by atoms with van der Waals surface area (Å²) in [6.45, 7) is 3.97. The summed E-state index contributed by atoms with van der Waals surface area (Å²) in [5.41, 5.74) is 8.11. The predicted molar refractivity (Wildman–Crippen MR) is 114 cm³/mol. The van der Waals surface area contributed by atoms with Gasteiger partial charge in [0.25, 0.3) is 5.91 Å². The maximum atomic E-state index is 12.6. The van der Waals surface area contributed by atoms with Crippen LogP contribution in [0.2, 0.25) is 0 Å². The van der Waals surface area contributed by atoms with Crippen LogP contribution in [0, 0.1) is 13.8 Å². The third-order valence-corrected chi connectivity index (χ3v) is 4.66. The van der Waals surface area contributed by atoms with E-state index < -0.39 is 0 Å². The molecule has 0 fully saturated rings. The number of aryl methyl sites for hydroxylation is 1. The molecule has 0 spiro atoms. The highest BCUT2D eigenvalue weighted by Crippen LogP contribution is 2.25. The van der Waals surface area contributed by atoms with Crippen LogP contribution in [-0.2, 0) is 4.79 Å². The second-order valence-corrected chi connectivity index (χ2v) is 6.71. The molecule has 0 aliphatic rings. The van der Waals surface area contributed by atoms with Crippen LogP contribution in [0.4, 0.5) is 0 Å². The van der Waals surface area contributed by atoms with Gasteiger partial charge in [0.05, 0.1) is 25.7 Å². The minimum Gasteiger partial charge on any atom is -0.493 e. The molecule has 7 nitrogen and oxygen atoms in total. The van der Waals surface area contributed by atoms with Crippen LogP contribution in [0.3, 0.4) is 0 Å². The molecule has 0 saturated heterocycles. The first-order chi connectivity index (χ1) is 14.5. The first-order valence-corrected chi connectivity index (χ1v) is 9.60. The fourth-order valence-corrected chi connectivity index (χ4v) is 3.22. The number of amides is 2. The van der Waals surface area contributed by atoms with E-state index >= 15 is 0 Å². The number of nitrogens with zero attached hydrogens (tertiary/aromatic N) is 1. The van der Waals surface area contributed by atoms with Gasteiger partial charge >= 0.3 is 0 Å². The first-order valence-electron chi connectivity index (χ1n) is 9.60. The standard InChI is InChI=1S/C23H25N3O4/c1-16-15-19(17(2)26(16)18-9-5-4-6-10-18)23(28)25-24-22(27)13-14-30-21-12-8-7-11-20(21)29-3/h4-12,15H,13-14H2,1-3H3,(H,24,27)(H,25,28). The van der Waals surface area contributed by atoms with E-state index in [4.69, 9.17) is 9.47 Å². The van der Waals surface area contributed by atoms with Crippen LogP contribution in [0.25, 0.3) is 5.69 Å². The number of carbonyl (C=O) groups is 2. The Morgan fingerprint density at radius 1 is 0.933 bits per heavy atom. The van der Waals surface area contributed by atoms with Crippen molar-refractivity contribution in [2.75, 3.05) is 13.7 Å². The van der Waals surface area contributed by atoms with Crippen LogP contribution in [0.5, 0.6) is 11.5 Å². The van der Waals surface area contributed by atoms with Gasteiger partial charge in [-0.3, -0.25) is 20.4 Å². The molecule has 1 heterocycles. The molecule has 0 atom stereocenters. The smallest absolute Gasteiger partial charge is 0.271 e. The van der Waals surface area contributed by atoms with Crippen LogP contribution >= 0.6 is 0 Å². The molecule has 3 aromatic rings. The van der Waals surface area contributed by atoms with Crippen molar-refractivity contribution in [2.24, 2.45) is 0 Å². The van der Waals surface area contributed by atoms with E-state index in [1.165, 1.54) is 0 Å². The van der Waals surface area contributed by atoms with E-state index in [0.29, 0.717) is 17.1 Å². The van der Waals surface area contributed by atoms with Gasteiger partial charge in [-0.2, -0.15) is 0 Å². The van der Waals surface area contributed by atoms with Gasteiger partial charge < -0.3 is 14.0 Å². The highest BCUT2D eigenvalue weighted by molar-refractivity contribution is 5.97. The van der Waals surface area contributed by atoms with E-state index in [9.17, 15) is 9.59 Å². The monoisotopic (exact) mass is 407 g/mol. The molecular weight excluding hydrogens is 382 g/mol. The second kappa shape index (κ2) is 9.65. The Hall–Kier alpha value is -3.74. The molecule has 0 saturated carbocycles. The maximum absolute atomic E-state index is 12.6. The summed E-state index contributed by atoms with van der Waals surface area (Å²) in [6, 6.07) is 18.8. The number of rotatable bonds is 7. The zero-order valence-electron chi connectivity index (χ0n) is 17.3. The van der Waals surface area contributed by atoms with Crippen LogP contribution in [0.1, 0.15) is 28.2 Å². The number of benzene rings is 2. The summed E-state index contributed by atoms with van der Waals surface area (Å²) in [5, 5.41) is 0. The van der Waals surface area contributed by atoms with Crippen LogP contribution in [0.15, 0.2) is 60.7 Å². The van der Waals surface area contributed by atoms with Gasteiger partial charge in [-0.1, -0.05) is 30.3 Å². The Morgan fingerprint density at radius 2 is 1.60 bits per heavy atom. The molecule has 0 radical (unpaired) electrons. The Kier molecular flexibility index (Phi) is 6.75. The van der Waals surface area contributed by atoms with Crippen molar-refractivity contribution < 1.29 is 19.1 Å². The Bertz CT molecular complexity index is 1030. The molecule has 30 heavy (non-hydrogen) atoms. The molecule has 0 aliphatic carbocycles. The average Bonchev–Trinajstić information content (AvgIpc) is 3.07. The number of hydrogen-bond acceptors (Lipinski definition) is 4. The topological polar surface area (TPSA) is 81.6 Å². The SMILES string of the molecule is COc1ccccc1OCCC(=O)NNC(=O)c1cc(C)n(-c2ccccc2)c1C. The molecule has 0 unspecified atom stereocenters. The number of hydrogen-bond donors (Lipinski definition) is 2. The Balaban J connectivity index is 1.54. The van der Waals surface area contributed by atoms with E-state index in [2.05, 4.69) is 10.9 Å². The summed E-state index contributed by atoms with van der Waals surface area (Å²) in [7, 11) is 1.55. The normalized spacial score (nSPS) is 10.4. The highest BCUT2D eigenvalue weighted by atomic mass is 16.5. The van der Waals surface area contributed by atoms with Gasteiger partial charge in [-0.15, -0.1) is 0 Å². The van der Waals surface area contributed by atoms with Gasteiger partial charge in [0, 0.05) is 17.1 Å². The number of aromatic nitrogens is 1. The summed E-state index contributed by atoms with van der Waals surface area (Å²) < 4.78 is 12.8. The molecule has 2 amide bonds. The lowest BCUT2D eigenvalue weighted by Crippen LogP contribution is -2.42. The first kappa shape index (κ1) is 21.0. The van der Waals surface area contributed by atoms with Gasteiger partial charge in [0.15, 0.2) is 11.5 Å². The number of para-hydroxylation sites is 3. The molecule has 0 aliphatic heterocycles. The van der Waals surface area contributed by atoms with E-state index in [1.807, 2.05) is 60.9 Å². The maximum Gasteiger partial charge on any atom is 0.271 e. The fraction of sp³-hybridized carbons (Fsp3) is 0.217. The van der Waals surface area contributed by atoms with Gasteiger partial charge in [-0.25, -0.2) is 0 Å². The third-order valence-electron chi connectivity index (χ3n) is 4.66. The molecule has 2 aromatic carbocycles. The zero-order chi connectivity index (χ0) is 21.5. The lowest BCUT2D eigenvalue weighted by Gasteiger charge is -2.11. The van der Waals surface area contributed by atoms with Crippen molar-refractivity contribution in [3.63, 3.8) is 0 Å². The van der Waals surface area contributed by atoms with Gasteiger partial charge in [0.1, 0.15) is 0 Å². The van der Waals surface area contributed by atoms with Crippen molar-refractivity contribution in [1.82, 2.24) is 15.4 Å². The highest BCUT2D eigenvalue weighted by Gasteiger charge is 2.17. The summed E-state index contributed by atoms with van der Waals surface area (Å²) in [5.74, 6) is 0.435. The lowest BCUT2D eigenvalue weighted by molar-refractivity contribution is -0.122. The summed E-state index contributed by atoms with van der Waals surface area (Å²) in [4.78, 5) is 24.6. The van der Waals surface area contributed by atoms with Gasteiger partial charge in [-0.05, 0) is 44.2 Å². The molecular formula is C23H25N3O4. The zero-order valence-corrected chi connectivity index (χ0v) is 17.3. The molecule has 2 N–H and O–H groups in total. The largest absolute Gasteiger partial charge is 0.493 e. The number of carbonyl (C=O) groups excluding carboxylic acids is 2. The third kappa shape index (κ3) is 4.81. The quantitative estimate of drug-likeness (QED) is 0.589. The molecule has 1 aromatic heterocycles. The number of nitrogens with one attached hydrogen (secondary N) is 2. The minimum atomic E-state index is -0.371. The van der Waals surface area contributed by atoms with E-state index in [0.717, 1.165) is 17.1 Å². The average molecular weight is 407 g/mol. The van der Waals surface area contributed by atoms with Gasteiger partial charge in [0.2, 0.25) is 5.91 Å². The predicted octanol–water partition coefficient (Wildman–Crippen LogP) is 3.33. The Morgan fingerprint density at radius 3 is 2.30 bits per heavy atom. The molecule has 156 valence electrons. The van der Waals surface area contributed by atoms with Crippen molar-refractivity contribution in [1.29, 1.82) is 0 Å². The molecule has 0 bridgehead atoms. The molecule has 7 heteroatoms. The Labute approximate surface area is 175 Å². The number of ether oxygens (including phenoxy) is 2. The van der Waals surface area contributed by atoms with Crippen molar-refractivity contribution >= 4 is 11.8 Å².